The summed E-state index contributed by atoms with van der Waals surface area (Å²) in [5, 5.41) is 2.85. The van der Waals surface area contributed by atoms with E-state index >= 15 is 0 Å². The number of anilines is 1. The van der Waals surface area contributed by atoms with Gasteiger partial charge in [-0.15, -0.1) is 0 Å². The van der Waals surface area contributed by atoms with E-state index in [9.17, 15) is 22.8 Å². The Bertz CT molecular complexity index is 1130. The summed E-state index contributed by atoms with van der Waals surface area (Å²) in [4.78, 5) is 29.1. The van der Waals surface area contributed by atoms with E-state index in [0.29, 0.717) is 42.8 Å². The average Bonchev–Trinajstić information content (AvgIpc) is 3.44. The van der Waals surface area contributed by atoms with Crippen molar-refractivity contribution in [2.75, 3.05) is 32.6 Å². The van der Waals surface area contributed by atoms with E-state index in [0.717, 1.165) is 6.07 Å². The Labute approximate surface area is 200 Å². The molecule has 0 radical (unpaired) electrons. The van der Waals surface area contributed by atoms with Crippen molar-refractivity contribution in [1.82, 2.24) is 9.80 Å². The third-order valence-corrected chi connectivity index (χ3v) is 6.48. The fraction of sp³-hybridized carbons (Fsp3) is 0.417. The molecule has 3 N–H and O–H groups in total. The molecule has 3 amide bonds. The Morgan fingerprint density at radius 2 is 1.71 bits per heavy atom. The summed E-state index contributed by atoms with van der Waals surface area (Å²) < 4.78 is 50.9. The molecule has 4 rings (SSSR count). The van der Waals surface area contributed by atoms with E-state index in [2.05, 4.69) is 5.32 Å². The van der Waals surface area contributed by atoms with Gasteiger partial charge in [0.2, 0.25) is 5.91 Å². The van der Waals surface area contributed by atoms with Crippen LogP contribution in [0.3, 0.4) is 0 Å². The molecule has 2 fully saturated rings. The molecule has 188 valence electrons. The monoisotopic (exact) mass is 492 g/mol. The number of urea groups is 1. The highest BCUT2D eigenvalue weighted by Crippen LogP contribution is 2.34. The van der Waals surface area contributed by atoms with Crippen molar-refractivity contribution in [2.45, 2.75) is 37.4 Å². The first-order valence-electron chi connectivity index (χ1n) is 11.2. The zero-order valence-electron chi connectivity index (χ0n) is 19.4. The van der Waals surface area contributed by atoms with E-state index in [1.807, 2.05) is 0 Å². The van der Waals surface area contributed by atoms with E-state index in [4.69, 9.17) is 15.2 Å². The highest BCUT2D eigenvalue weighted by molar-refractivity contribution is 5.92. The smallest absolute Gasteiger partial charge is 0.322 e. The Morgan fingerprint density at radius 3 is 2.37 bits per heavy atom. The number of amides is 3. The van der Waals surface area contributed by atoms with Crippen LogP contribution in [0.2, 0.25) is 0 Å². The first-order valence-corrected chi connectivity index (χ1v) is 11.2. The molecule has 2 aromatic rings. The van der Waals surface area contributed by atoms with Crippen LogP contribution in [0.4, 0.5) is 23.7 Å². The number of piperazine rings is 1. The van der Waals surface area contributed by atoms with Crippen LogP contribution in [0.1, 0.15) is 18.4 Å². The SMILES string of the molecule is COc1ccc(NC(=O)N2C[C@@H]3C[C@H]2CN3C(=O)C[C@H](N)Cc2cc(F)c(F)cc2F)c(OC)c1. The molecular formula is C24H27F3N4O4. The molecule has 11 heteroatoms. The van der Waals surface area contributed by atoms with Crippen molar-refractivity contribution < 1.29 is 32.2 Å². The molecule has 0 unspecified atom stereocenters. The van der Waals surface area contributed by atoms with Gasteiger partial charge in [0.25, 0.3) is 0 Å². The molecule has 8 nitrogen and oxygen atoms in total. The largest absolute Gasteiger partial charge is 0.497 e. The Kier molecular flexibility index (Phi) is 7.06. The molecule has 2 heterocycles. The van der Waals surface area contributed by atoms with Gasteiger partial charge in [0.1, 0.15) is 17.3 Å². The summed E-state index contributed by atoms with van der Waals surface area (Å²) in [6, 6.07) is 4.96. The summed E-state index contributed by atoms with van der Waals surface area (Å²) in [5.74, 6) is -2.50. The number of ether oxygens (including phenoxy) is 2. The number of nitrogens with two attached hydrogens (primary N) is 1. The van der Waals surface area contributed by atoms with Crippen molar-refractivity contribution in [2.24, 2.45) is 5.73 Å². The standard InChI is InChI=1S/C24H27F3N4O4/c1-34-17-3-4-21(22(9-17)35-2)29-24(33)31-12-15-8-16(31)11-30(15)23(32)7-14(28)5-13-6-19(26)20(27)10-18(13)25/h3-4,6,9-10,14-16H,5,7-8,11-12,28H2,1-2H3,(H,29,33)/t14-,15+,16+/m1/s1. The quantitative estimate of drug-likeness (QED) is 0.580. The topological polar surface area (TPSA) is 97.1 Å². The third kappa shape index (κ3) is 5.14. The summed E-state index contributed by atoms with van der Waals surface area (Å²) in [5.41, 5.74) is 6.44. The summed E-state index contributed by atoms with van der Waals surface area (Å²) >= 11 is 0. The third-order valence-electron chi connectivity index (χ3n) is 6.48. The highest BCUT2D eigenvalue weighted by atomic mass is 19.2. The molecule has 0 saturated carbocycles. The van der Waals surface area contributed by atoms with Crippen molar-refractivity contribution in [3.63, 3.8) is 0 Å². The second kappa shape index (κ2) is 10.0. The van der Waals surface area contributed by atoms with Crippen LogP contribution in [0, 0.1) is 17.5 Å². The number of hydrogen-bond acceptors (Lipinski definition) is 5. The van der Waals surface area contributed by atoms with Gasteiger partial charge < -0.3 is 30.3 Å². The number of benzene rings is 2. The van der Waals surface area contributed by atoms with Gasteiger partial charge in [0, 0.05) is 37.7 Å². The van der Waals surface area contributed by atoms with Gasteiger partial charge in [-0.05, 0) is 36.6 Å². The number of nitrogens with zero attached hydrogens (tertiary/aromatic N) is 2. The van der Waals surface area contributed by atoms with Crippen LogP contribution in [0.25, 0.3) is 0 Å². The van der Waals surface area contributed by atoms with Crippen LogP contribution in [0.5, 0.6) is 11.5 Å². The van der Waals surface area contributed by atoms with Crippen LogP contribution in [-0.2, 0) is 11.2 Å². The Hall–Kier alpha value is -3.47. The predicted octanol–water partition coefficient (Wildman–Crippen LogP) is 2.90. The maximum atomic E-state index is 13.9. The van der Waals surface area contributed by atoms with Crippen LogP contribution in [-0.4, -0.2) is 67.2 Å². The van der Waals surface area contributed by atoms with Crippen molar-refractivity contribution in [3.05, 3.63) is 53.3 Å². The van der Waals surface area contributed by atoms with Gasteiger partial charge in [-0.3, -0.25) is 4.79 Å². The molecule has 2 aromatic carbocycles. The molecule has 35 heavy (non-hydrogen) atoms. The van der Waals surface area contributed by atoms with E-state index < -0.39 is 23.5 Å². The van der Waals surface area contributed by atoms with Crippen LogP contribution >= 0.6 is 0 Å². The van der Waals surface area contributed by atoms with Gasteiger partial charge in [0.15, 0.2) is 11.6 Å². The van der Waals surface area contributed by atoms with E-state index in [1.165, 1.54) is 14.2 Å². The number of hydrogen-bond donors (Lipinski definition) is 2. The minimum atomic E-state index is -1.27. The lowest BCUT2D eigenvalue weighted by Crippen LogP contribution is -2.52. The molecule has 2 bridgehead atoms. The lowest BCUT2D eigenvalue weighted by molar-refractivity contribution is -0.133. The van der Waals surface area contributed by atoms with Gasteiger partial charge in [-0.25, -0.2) is 18.0 Å². The number of methoxy groups -OCH3 is 2. The zero-order valence-corrected chi connectivity index (χ0v) is 19.4. The molecule has 2 aliphatic heterocycles. The van der Waals surface area contributed by atoms with Gasteiger partial charge >= 0.3 is 6.03 Å². The molecule has 0 aromatic heterocycles. The Balaban J connectivity index is 1.32. The number of halogens is 3. The maximum absolute atomic E-state index is 13.9. The molecular weight excluding hydrogens is 465 g/mol. The summed E-state index contributed by atoms with van der Waals surface area (Å²) in [6.45, 7) is 0.733. The minimum Gasteiger partial charge on any atom is -0.497 e. The normalized spacial score (nSPS) is 19.6. The van der Waals surface area contributed by atoms with Crippen molar-refractivity contribution in [1.29, 1.82) is 0 Å². The second-order valence-corrected chi connectivity index (χ2v) is 8.76. The summed E-state index contributed by atoms with van der Waals surface area (Å²) in [6.07, 6.45) is 0.470. The minimum absolute atomic E-state index is 0.0725. The van der Waals surface area contributed by atoms with Crippen LogP contribution in [0.15, 0.2) is 30.3 Å². The molecule has 2 aliphatic rings. The number of carbonyl (C=O) groups excluding carboxylic acids is 2. The fourth-order valence-corrected chi connectivity index (χ4v) is 4.73. The number of rotatable bonds is 7. The van der Waals surface area contributed by atoms with Gasteiger partial charge in [0.05, 0.1) is 32.0 Å². The molecule has 0 spiro atoms. The second-order valence-electron chi connectivity index (χ2n) is 8.76. The predicted molar refractivity (Wildman–Crippen MR) is 122 cm³/mol. The highest BCUT2D eigenvalue weighted by Gasteiger charge is 2.47. The van der Waals surface area contributed by atoms with Crippen molar-refractivity contribution >= 4 is 17.6 Å². The molecule has 3 atom stereocenters. The lowest BCUT2D eigenvalue weighted by Gasteiger charge is -2.34. The number of likely N-dealkylation sites (tertiary alicyclic amines) is 2. The number of carbonyl (C=O) groups is 2. The fourth-order valence-electron chi connectivity index (χ4n) is 4.73. The van der Waals surface area contributed by atoms with E-state index in [1.54, 1.807) is 28.0 Å². The Morgan fingerprint density at radius 1 is 1.03 bits per heavy atom. The van der Waals surface area contributed by atoms with Crippen molar-refractivity contribution in [3.8, 4) is 11.5 Å². The zero-order chi connectivity index (χ0) is 25.3. The maximum Gasteiger partial charge on any atom is 0.322 e. The number of nitrogens with one attached hydrogen (secondary N) is 1. The first kappa shape index (κ1) is 24.6. The first-order chi connectivity index (χ1) is 16.7. The molecule has 2 saturated heterocycles. The average molecular weight is 492 g/mol. The van der Waals surface area contributed by atoms with Gasteiger partial charge in [-0.2, -0.15) is 0 Å². The molecule has 0 aliphatic carbocycles. The summed E-state index contributed by atoms with van der Waals surface area (Å²) in [7, 11) is 3.03. The van der Waals surface area contributed by atoms with Crippen LogP contribution < -0.4 is 20.5 Å². The lowest BCUT2D eigenvalue weighted by atomic mass is 10.0. The number of fused-ring (bicyclic) bond motifs is 2. The van der Waals surface area contributed by atoms with Gasteiger partial charge in [-0.1, -0.05) is 0 Å². The van der Waals surface area contributed by atoms with E-state index in [-0.39, 0.29) is 42.4 Å².